The molecule has 6 nitrogen and oxygen atoms in total. The molecule has 0 spiro atoms. The summed E-state index contributed by atoms with van der Waals surface area (Å²) in [4.78, 5) is 27.7. The monoisotopic (exact) mass is 328 g/mol. The molecular weight excluding hydrogens is 304 g/mol. The van der Waals surface area contributed by atoms with E-state index in [1.807, 2.05) is 19.2 Å². The molecule has 7 heteroatoms. The van der Waals surface area contributed by atoms with Gasteiger partial charge in [0.1, 0.15) is 6.04 Å². The maximum Gasteiger partial charge on any atom is 0.407 e. The molecule has 0 bridgehead atoms. The number of nitrogens with one attached hydrogen (secondary N) is 1. The normalized spacial score (nSPS) is 12.3. The smallest absolute Gasteiger partial charge is 0.407 e. The van der Waals surface area contributed by atoms with Crippen LogP contribution in [0.1, 0.15) is 44.3 Å². The van der Waals surface area contributed by atoms with E-state index in [0.717, 1.165) is 10.7 Å². The molecule has 0 aromatic carbocycles. The summed E-state index contributed by atoms with van der Waals surface area (Å²) in [6.45, 7) is 8.05. The van der Waals surface area contributed by atoms with E-state index in [0.29, 0.717) is 12.3 Å². The van der Waals surface area contributed by atoms with Crippen molar-refractivity contribution in [2.24, 2.45) is 5.92 Å². The quantitative estimate of drug-likeness (QED) is 0.779. The second-order valence-electron chi connectivity index (χ2n) is 5.61. The van der Waals surface area contributed by atoms with Gasteiger partial charge in [0, 0.05) is 17.7 Å². The number of hydrogen-bond donors (Lipinski definition) is 1. The van der Waals surface area contributed by atoms with Crippen molar-refractivity contribution in [3.05, 3.63) is 16.1 Å². The number of methoxy groups -OCH3 is 1. The van der Waals surface area contributed by atoms with E-state index in [4.69, 9.17) is 4.74 Å². The Bertz CT molecular complexity index is 499. The van der Waals surface area contributed by atoms with Gasteiger partial charge in [-0.25, -0.2) is 14.6 Å². The predicted octanol–water partition coefficient (Wildman–Crippen LogP) is 2.73. The molecule has 1 aromatic rings. The van der Waals surface area contributed by atoms with Crippen molar-refractivity contribution in [3.8, 4) is 0 Å². The molecule has 1 rings (SSSR count). The molecule has 0 unspecified atom stereocenters. The fraction of sp³-hybridized carbons (Fsp3) is 0.667. The highest BCUT2D eigenvalue weighted by Crippen LogP contribution is 2.19. The summed E-state index contributed by atoms with van der Waals surface area (Å²) >= 11 is 1.61. The van der Waals surface area contributed by atoms with Gasteiger partial charge in [-0.2, -0.15) is 0 Å². The summed E-state index contributed by atoms with van der Waals surface area (Å²) in [5.74, 6) is -0.157. The first-order valence-electron chi connectivity index (χ1n) is 7.30. The minimum Gasteiger partial charge on any atom is -0.467 e. The van der Waals surface area contributed by atoms with Gasteiger partial charge in [-0.3, -0.25) is 0 Å². The van der Waals surface area contributed by atoms with Gasteiger partial charge in [-0.05, 0) is 5.92 Å². The van der Waals surface area contributed by atoms with Gasteiger partial charge in [0.05, 0.1) is 24.4 Å². The van der Waals surface area contributed by atoms with Crippen LogP contribution in [0.15, 0.2) is 5.38 Å². The van der Waals surface area contributed by atoms with Crippen LogP contribution in [0.4, 0.5) is 4.79 Å². The van der Waals surface area contributed by atoms with E-state index in [1.54, 1.807) is 11.3 Å². The summed E-state index contributed by atoms with van der Waals surface area (Å²) in [7, 11) is 1.29. The number of thiazole rings is 1. The van der Waals surface area contributed by atoms with Gasteiger partial charge in [-0.1, -0.05) is 27.7 Å². The molecule has 1 amide bonds. The van der Waals surface area contributed by atoms with Crippen molar-refractivity contribution in [1.29, 1.82) is 0 Å². The molecule has 1 heterocycles. The number of rotatable bonds is 7. The van der Waals surface area contributed by atoms with Crippen molar-refractivity contribution >= 4 is 23.4 Å². The largest absolute Gasteiger partial charge is 0.467 e. The number of aromatic nitrogens is 1. The fourth-order valence-corrected chi connectivity index (χ4v) is 2.61. The van der Waals surface area contributed by atoms with Crippen LogP contribution in [-0.4, -0.2) is 36.8 Å². The first kappa shape index (κ1) is 18.4. The fourth-order valence-electron chi connectivity index (χ4n) is 1.74. The minimum absolute atomic E-state index is 0.0767. The van der Waals surface area contributed by atoms with E-state index in [-0.39, 0.29) is 12.5 Å². The van der Waals surface area contributed by atoms with Crippen molar-refractivity contribution in [2.75, 3.05) is 13.7 Å². The van der Waals surface area contributed by atoms with Gasteiger partial charge in [0.15, 0.2) is 0 Å². The van der Waals surface area contributed by atoms with Crippen LogP contribution >= 0.6 is 11.3 Å². The van der Waals surface area contributed by atoms with Crippen LogP contribution in [0.3, 0.4) is 0 Å². The van der Waals surface area contributed by atoms with Crippen LogP contribution in [-0.2, 0) is 20.7 Å². The number of alkyl carbamates (subject to hydrolysis) is 1. The summed E-state index contributed by atoms with van der Waals surface area (Å²) in [6.07, 6.45) is -0.0651. The van der Waals surface area contributed by atoms with Crippen LogP contribution in [0.5, 0.6) is 0 Å². The maximum atomic E-state index is 11.7. The zero-order chi connectivity index (χ0) is 16.7. The Labute approximate surface area is 135 Å². The summed E-state index contributed by atoms with van der Waals surface area (Å²) in [6, 6.07) is -0.704. The lowest BCUT2D eigenvalue weighted by atomic mass is 10.1. The van der Waals surface area contributed by atoms with Crippen molar-refractivity contribution in [2.45, 2.75) is 46.1 Å². The predicted molar refractivity (Wildman–Crippen MR) is 85.0 cm³/mol. The van der Waals surface area contributed by atoms with E-state index in [9.17, 15) is 9.59 Å². The molecule has 0 saturated carbocycles. The van der Waals surface area contributed by atoms with Crippen LogP contribution in [0, 0.1) is 5.92 Å². The Morgan fingerprint density at radius 2 is 2.00 bits per heavy atom. The number of amides is 1. The highest BCUT2D eigenvalue weighted by atomic mass is 32.1. The van der Waals surface area contributed by atoms with E-state index < -0.39 is 18.1 Å². The molecule has 0 aliphatic carbocycles. The lowest BCUT2D eigenvalue weighted by Crippen LogP contribution is -2.45. The average Bonchev–Trinajstić information content (AvgIpc) is 2.92. The number of esters is 1. The number of nitrogens with zero attached hydrogens (tertiary/aromatic N) is 1. The highest BCUT2D eigenvalue weighted by molar-refractivity contribution is 7.09. The second kappa shape index (κ2) is 8.73. The number of carbonyl (C=O) groups excluding carboxylic acids is 2. The average molecular weight is 328 g/mol. The highest BCUT2D eigenvalue weighted by Gasteiger charge is 2.25. The third kappa shape index (κ3) is 5.63. The lowest BCUT2D eigenvalue weighted by Gasteiger charge is -2.19. The standard InChI is InChI=1S/C15H24N2O4S/c1-9(2)12(14(18)20-5)17-15(19)21-7-6-11-8-22-13(16-11)10(3)4/h8-10,12H,6-7H2,1-5H3,(H,17,19)/t12-/m0/s1. The zero-order valence-corrected chi connectivity index (χ0v) is 14.5. The Balaban J connectivity index is 2.40. The molecule has 0 fully saturated rings. The number of hydrogen-bond acceptors (Lipinski definition) is 6. The molecule has 1 aromatic heterocycles. The number of ether oxygens (including phenoxy) is 2. The van der Waals surface area contributed by atoms with E-state index >= 15 is 0 Å². The van der Waals surface area contributed by atoms with Gasteiger partial charge >= 0.3 is 12.1 Å². The SMILES string of the molecule is COC(=O)[C@@H](NC(=O)OCCc1csc(C(C)C)n1)C(C)C. The maximum absolute atomic E-state index is 11.7. The zero-order valence-electron chi connectivity index (χ0n) is 13.7. The number of carbonyl (C=O) groups is 2. The molecule has 0 radical (unpaired) electrons. The molecule has 22 heavy (non-hydrogen) atoms. The second-order valence-corrected chi connectivity index (χ2v) is 6.50. The van der Waals surface area contributed by atoms with Gasteiger partial charge in [0.2, 0.25) is 0 Å². The van der Waals surface area contributed by atoms with E-state index in [2.05, 4.69) is 28.9 Å². The Hall–Kier alpha value is -1.63. The van der Waals surface area contributed by atoms with Crippen molar-refractivity contribution in [3.63, 3.8) is 0 Å². The van der Waals surface area contributed by atoms with Crippen molar-refractivity contribution < 1.29 is 19.1 Å². The van der Waals surface area contributed by atoms with Crippen LogP contribution in [0.2, 0.25) is 0 Å². The van der Waals surface area contributed by atoms with Crippen LogP contribution in [0.25, 0.3) is 0 Å². The first-order valence-corrected chi connectivity index (χ1v) is 8.18. The van der Waals surface area contributed by atoms with Gasteiger partial charge in [-0.15, -0.1) is 11.3 Å². The minimum atomic E-state index is -0.704. The third-order valence-electron chi connectivity index (χ3n) is 3.05. The summed E-state index contributed by atoms with van der Waals surface area (Å²) in [5.41, 5.74) is 0.912. The van der Waals surface area contributed by atoms with Crippen LogP contribution < -0.4 is 5.32 Å². The Morgan fingerprint density at radius 3 is 2.50 bits per heavy atom. The topological polar surface area (TPSA) is 77.5 Å². The molecule has 0 aliphatic heterocycles. The molecule has 1 N–H and O–H groups in total. The molecule has 0 saturated heterocycles. The van der Waals surface area contributed by atoms with Gasteiger partial charge in [0.25, 0.3) is 0 Å². The summed E-state index contributed by atoms with van der Waals surface area (Å²) in [5, 5.41) is 5.57. The Kier molecular flexibility index (Phi) is 7.31. The van der Waals surface area contributed by atoms with Crippen molar-refractivity contribution in [1.82, 2.24) is 10.3 Å². The molecule has 1 atom stereocenters. The lowest BCUT2D eigenvalue weighted by molar-refractivity contribution is -0.144. The summed E-state index contributed by atoms with van der Waals surface area (Å²) < 4.78 is 9.75. The molecular formula is C15H24N2O4S. The first-order chi connectivity index (χ1) is 10.3. The van der Waals surface area contributed by atoms with Gasteiger partial charge < -0.3 is 14.8 Å². The molecule has 124 valence electrons. The Morgan fingerprint density at radius 1 is 1.32 bits per heavy atom. The van der Waals surface area contributed by atoms with E-state index in [1.165, 1.54) is 7.11 Å². The third-order valence-corrected chi connectivity index (χ3v) is 4.24. The molecule has 0 aliphatic rings.